The van der Waals surface area contributed by atoms with Crippen LogP contribution < -0.4 is 10.7 Å². The quantitative estimate of drug-likeness (QED) is 0.433. The summed E-state index contributed by atoms with van der Waals surface area (Å²) in [4.78, 5) is 34.6. The van der Waals surface area contributed by atoms with Gasteiger partial charge in [-0.05, 0) is 49.8 Å². The molecule has 0 bridgehead atoms. The summed E-state index contributed by atoms with van der Waals surface area (Å²) >= 11 is 0. The van der Waals surface area contributed by atoms with Crippen LogP contribution in [0.1, 0.15) is 10.4 Å². The third-order valence-electron chi connectivity index (χ3n) is 4.58. The average Bonchev–Trinajstić information content (AvgIpc) is 2.65. The van der Waals surface area contributed by atoms with Gasteiger partial charge in [-0.25, -0.2) is 4.98 Å². The first-order valence-corrected chi connectivity index (χ1v) is 8.81. The van der Waals surface area contributed by atoms with Crippen LogP contribution in [0.25, 0.3) is 32.8 Å². The van der Waals surface area contributed by atoms with Gasteiger partial charge >= 0.3 is 0 Å². The number of hydrogen-bond donors (Lipinski definition) is 2. The molecule has 6 heteroatoms. The topological polar surface area (TPSA) is 78.1 Å². The lowest BCUT2D eigenvalue weighted by Gasteiger charge is -2.12. The number of aromatic amines is 1. The normalized spacial score (nSPS) is 11.5. The van der Waals surface area contributed by atoms with E-state index in [2.05, 4.69) is 10.3 Å². The molecule has 3 aromatic carbocycles. The maximum atomic E-state index is 12.7. The number of hydrogen-bond acceptors (Lipinski definition) is 4. The Bertz CT molecular complexity index is 1230. The Labute approximate surface area is 155 Å². The van der Waals surface area contributed by atoms with E-state index in [1.165, 1.54) is 0 Å². The zero-order valence-corrected chi connectivity index (χ0v) is 15.2. The first kappa shape index (κ1) is 17.2. The summed E-state index contributed by atoms with van der Waals surface area (Å²) in [7, 11) is 3.92. The third kappa shape index (κ3) is 3.27. The summed E-state index contributed by atoms with van der Waals surface area (Å²) in [6, 6.07) is 14.3. The Morgan fingerprint density at radius 3 is 2.67 bits per heavy atom. The van der Waals surface area contributed by atoms with Crippen molar-refractivity contribution >= 4 is 38.7 Å². The molecule has 0 saturated heterocycles. The summed E-state index contributed by atoms with van der Waals surface area (Å²) < 4.78 is 0. The number of likely N-dealkylation sites (N-methyl/N-ethyl adjacent to an activating group) is 1. The van der Waals surface area contributed by atoms with E-state index in [4.69, 9.17) is 4.98 Å². The number of amides is 1. The first-order chi connectivity index (χ1) is 13.0. The number of nitrogens with one attached hydrogen (secondary N) is 2. The largest absolute Gasteiger partial charge is 0.352 e. The van der Waals surface area contributed by atoms with Crippen molar-refractivity contribution < 1.29 is 4.79 Å². The third-order valence-corrected chi connectivity index (χ3v) is 4.58. The van der Waals surface area contributed by atoms with Crippen LogP contribution in [0.15, 0.2) is 53.3 Å². The molecule has 0 unspecified atom stereocenters. The first-order valence-electron chi connectivity index (χ1n) is 8.81. The van der Waals surface area contributed by atoms with Gasteiger partial charge in [-0.1, -0.05) is 18.2 Å². The molecule has 136 valence electrons. The van der Waals surface area contributed by atoms with Gasteiger partial charge in [0.2, 0.25) is 0 Å². The van der Waals surface area contributed by atoms with Crippen LogP contribution in [0.5, 0.6) is 0 Å². The molecule has 0 fully saturated rings. The minimum atomic E-state index is -0.160. The molecular weight excluding hydrogens is 340 g/mol. The van der Waals surface area contributed by atoms with Crippen molar-refractivity contribution in [3.63, 3.8) is 0 Å². The second kappa shape index (κ2) is 6.81. The molecule has 4 rings (SSSR count). The number of rotatable bonds is 4. The fraction of sp³-hybridized carbons (Fsp3) is 0.190. The fourth-order valence-corrected chi connectivity index (χ4v) is 3.20. The van der Waals surface area contributed by atoms with Gasteiger partial charge in [0.05, 0.1) is 27.6 Å². The Morgan fingerprint density at radius 1 is 1.07 bits per heavy atom. The lowest BCUT2D eigenvalue weighted by molar-refractivity contribution is 0.0952. The predicted molar refractivity (Wildman–Crippen MR) is 108 cm³/mol. The van der Waals surface area contributed by atoms with E-state index >= 15 is 0 Å². The number of H-pyrrole nitrogens is 1. The van der Waals surface area contributed by atoms with Crippen molar-refractivity contribution in [2.45, 2.75) is 0 Å². The Balaban J connectivity index is 1.88. The molecule has 2 N–H and O–H groups in total. The average molecular weight is 360 g/mol. The summed E-state index contributed by atoms with van der Waals surface area (Å²) in [5, 5.41) is 4.65. The van der Waals surface area contributed by atoms with E-state index in [0.29, 0.717) is 23.1 Å². The SMILES string of the molecule is CN(C)CCNC(=O)c1cccc2[nH]c3ccc4ccc(=O)cc4c3nc12. The van der Waals surface area contributed by atoms with Gasteiger partial charge in [0.15, 0.2) is 5.43 Å². The molecule has 1 amide bonds. The molecule has 1 heterocycles. The van der Waals surface area contributed by atoms with Gasteiger partial charge in [-0.3, -0.25) is 9.59 Å². The lowest BCUT2D eigenvalue weighted by Crippen LogP contribution is -2.31. The molecule has 0 radical (unpaired) electrons. The van der Waals surface area contributed by atoms with Crippen LogP contribution in [-0.2, 0) is 0 Å². The highest BCUT2D eigenvalue weighted by Gasteiger charge is 2.13. The number of benzene rings is 3. The number of fused-ring (bicyclic) bond motifs is 4. The highest BCUT2D eigenvalue weighted by molar-refractivity contribution is 6.10. The van der Waals surface area contributed by atoms with Crippen LogP contribution in [0.4, 0.5) is 0 Å². The van der Waals surface area contributed by atoms with Crippen molar-refractivity contribution in [3.05, 3.63) is 64.3 Å². The molecule has 1 aromatic heterocycles. The van der Waals surface area contributed by atoms with Crippen LogP contribution in [0, 0.1) is 0 Å². The number of carbonyl (C=O) groups excluding carboxylic acids is 1. The number of carbonyl (C=O) groups is 1. The molecule has 0 atom stereocenters. The highest BCUT2D eigenvalue weighted by Crippen LogP contribution is 2.25. The molecule has 0 aliphatic carbocycles. The Morgan fingerprint density at radius 2 is 1.85 bits per heavy atom. The molecule has 27 heavy (non-hydrogen) atoms. The minimum absolute atomic E-state index is 0.0633. The molecule has 0 aliphatic heterocycles. The maximum Gasteiger partial charge on any atom is 0.253 e. The molecule has 0 saturated carbocycles. The van der Waals surface area contributed by atoms with Crippen LogP contribution in [-0.4, -0.2) is 48.0 Å². The molecular formula is C21H20N4O2. The van der Waals surface area contributed by atoms with Gasteiger partial charge in [0.25, 0.3) is 5.91 Å². The number of para-hydroxylation sites is 1. The summed E-state index contributed by atoms with van der Waals surface area (Å²) in [6.07, 6.45) is 0. The van der Waals surface area contributed by atoms with E-state index in [1.807, 2.05) is 43.3 Å². The van der Waals surface area contributed by atoms with E-state index in [1.54, 1.807) is 24.3 Å². The van der Waals surface area contributed by atoms with E-state index in [0.717, 1.165) is 28.4 Å². The van der Waals surface area contributed by atoms with Gasteiger partial charge in [-0.15, -0.1) is 0 Å². The van der Waals surface area contributed by atoms with Crippen LogP contribution >= 0.6 is 0 Å². The molecule has 0 spiro atoms. The summed E-state index contributed by atoms with van der Waals surface area (Å²) in [5.41, 5.74) is 3.33. The monoisotopic (exact) mass is 360 g/mol. The minimum Gasteiger partial charge on any atom is -0.352 e. The van der Waals surface area contributed by atoms with Crippen molar-refractivity contribution in [1.29, 1.82) is 0 Å². The maximum absolute atomic E-state index is 12.7. The Hall–Kier alpha value is -3.25. The van der Waals surface area contributed by atoms with Gasteiger partial charge < -0.3 is 15.2 Å². The van der Waals surface area contributed by atoms with Crippen LogP contribution in [0.3, 0.4) is 0 Å². The fourth-order valence-electron chi connectivity index (χ4n) is 3.20. The van der Waals surface area contributed by atoms with Gasteiger partial charge in [0, 0.05) is 18.5 Å². The zero-order valence-electron chi connectivity index (χ0n) is 15.2. The lowest BCUT2D eigenvalue weighted by atomic mass is 10.1. The number of aromatic nitrogens is 2. The van der Waals surface area contributed by atoms with Crippen molar-refractivity contribution in [3.8, 4) is 0 Å². The Kier molecular flexibility index (Phi) is 4.33. The van der Waals surface area contributed by atoms with E-state index in [-0.39, 0.29) is 11.3 Å². The van der Waals surface area contributed by atoms with Gasteiger partial charge in [-0.2, -0.15) is 0 Å². The van der Waals surface area contributed by atoms with E-state index < -0.39 is 0 Å². The molecule has 4 aromatic rings. The predicted octanol–water partition coefficient (Wildman–Crippen LogP) is 2.52. The van der Waals surface area contributed by atoms with Gasteiger partial charge in [0.1, 0.15) is 0 Å². The van der Waals surface area contributed by atoms with Crippen molar-refractivity contribution in [2.24, 2.45) is 0 Å². The van der Waals surface area contributed by atoms with Crippen LogP contribution in [0.2, 0.25) is 0 Å². The standard InChI is InChI=1S/C21H20N4O2/c1-25(2)11-10-22-21(27)15-4-3-5-17-19(15)24-20-16-12-14(26)8-6-13(16)7-9-18(20)23-17/h3-9,12,23H,10-11H2,1-2H3,(H,22,27). The second-order valence-corrected chi connectivity index (χ2v) is 6.84. The van der Waals surface area contributed by atoms with Crippen molar-refractivity contribution in [2.75, 3.05) is 27.2 Å². The summed E-state index contributed by atoms with van der Waals surface area (Å²) in [6.45, 7) is 1.32. The second-order valence-electron chi connectivity index (χ2n) is 6.84. The smallest absolute Gasteiger partial charge is 0.253 e. The van der Waals surface area contributed by atoms with Crippen molar-refractivity contribution in [1.82, 2.24) is 20.2 Å². The van der Waals surface area contributed by atoms with E-state index in [9.17, 15) is 9.59 Å². The number of nitrogens with zero attached hydrogens (tertiary/aromatic N) is 2. The zero-order chi connectivity index (χ0) is 19.0. The highest BCUT2D eigenvalue weighted by atomic mass is 16.1. The molecule has 6 nitrogen and oxygen atoms in total. The molecule has 0 aliphatic rings. The summed E-state index contributed by atoms with van der Waals surface area (Å²) in [5.74, 6) is -0.160.